The molecule has 92 valence electrons. The molecule has 0 aliphatic rings. The average molecular weight is 222 g/mol. The van der Waals surface area contributed by atoms with Crippen molar-refractivity contribution in [3.63, 3.8) is 0 Å². The summed E-state index contributed by atoms with van der Waals surface area (Å²) in [6.45, 7) is 5.76. The number of ketones is 1. The van der Waals surface area contributed by atoms with Gasteiger partial charge in [-0.25, -0.2) is 0 Å². The van der Waals surface area contributed by atoms with E-state index < -0.39 is 0 Å². The molecule has 0 saturated heterocycles. The van der Waals surface area contributed by atoms with Gasteiger partial charge in [-0.05, 0) is 25.7 Å². The van der Waals surface area contributed by atoms with Crippen LogP contribution in [-0.2, 0) is 4.79 Å². The summed E-state index contributed by atoms with van der Waals surface area (Å²) in [4.78, 5) is 11.4. The number of allylic oxidation sites excluding steroid dienone is 3. The van der Waals surface area contributed by atoms with Gasteiger partial charge in [0.05, 0.1) is 0 Å². The van der Waals surface area contributed by atoms with Crippen LogP contribution in [0.1, 0.15) is 64.7 Å². The molecular formula is C15H26O. The summed E-state index contributed by atoms with van der Waals surface area (Å²) in [6, 6.07) is 0. The summed E-state index contributed by atoms with van der Waals surface area (Å²) in [6.07, 6.45) is 15.6. The molecule has 1 nitrogen and oxygen atoms in total. The van der Waals surface area contributed by atoms with Crippen molar-refractivity contribution in [1.82, 2.24) is 0 Å². The highest BCUT2D eigenvalue weighted by molar-refractivity contribution is 5.78. The first-order valence-electron chi connectivity index (χ1n) is 6.60. The van der Waals surface area contributed by atoms with Crippen LogP contribution < -0.4 is 0 Å². The Bertz CT molecular complexity index is 203. The molecule has 0 fully saturated rings. The Hall–Kier alpha value is -0.850. The van der Waals surface area contributed by atoms with Gasteiger partial charge in [0.2, 0.25) is 0 Å². The Kier molecular flexibility index (Phi) is 11.6. The fraction of sp³-hybridized carbons (Fsp3) is 0.667. The first kappa shape index (κ1) is 15.2. The Morgan fingerprint density at radius 2 is 1.75 bits per heavy atom. The summed E-state index contributed by atoms with van der Waals surface area (Å²) >= 11 is 0. The summed E-state index contributed by atoms with van der Waals surface area (Å²) < 4.78 is 0. The van der Waals surface area contributed by atoms with Gasteiger partial charge in [-0.1, -0.05) is 51.0 Å². The molecule has 0 aromatic rings. The van der Waals surface area contributed by atoms with Crippen LogP contribution in [0.3, 0.4) is 0 Å². The van der Waals surface area contributed by atoms with Crippen LogP contribution in [0.25, 0.3) is 0 Å². The zero-order valence-electron chi connectivity index (χ0n) is 10.7. The molecule has 0 aromatic heterocycles. The van der Waals surface area contributed by atoms with Gasteiger partial charge in [-0.15, -0.1) is 0 Å². The maximum Gasteiger partial charge on any atom is 0.132 e. The van der Waals surface area contributed by atoms with Gasteiger partial charge in [-0.3, -0.25) is 4.79 Å². The van der Waals surface area contributed by atoms with Crippen molar-refractivity contribution < 1.29 is 4.79 Å². The molecule has 0 unspecified atom stereocenters. The van der Waals surface area contributed by atoms with Gasteiger partial charge in [0, 0.05) is 12.8 Å². The molecule has 0 amide bonds. The third-order valence-corrected chi connectivity index (χ3v) is 2.66. The molecule has 0 spiro atoms. The Morgan fingerprint density at radius 3 is 2.44 bits per heavy atom. The second kappa shape index (κ2) is 12.2. The minimum Gasteiger partial charge on any atom is -0.300 e. The van der Waals surface area contributed by atoms with E-state index in [1.54, 1.807) is 0 Å². The van der Waals surface area contributed by atoms with E-state index in [0.29, 0.717) is 5.78 Å². The third-order valence-electron chi connectivity index (χ3n) is 2.66. The van der Waals surface area contributed by atoms with Crippen molar-refractivity contribution in [2.45, 2.75) is 64.7 Å². The summed E-state index contributed by atoms with van der Waals surface area (Å²) in [5.41, 5.74) is 0. The van der Waals surface area contributed by atoms with Crippen LogP contribution in [-0.4, -0.2) is 5.78 Å². The normalized spacial score (nSPS) is 10.8. The Labute approximate surface area is 101 Å². The number of Topliss-reactive ketones (excluding diaryl/α,β-unsaturated/α-hetero) is 1. The highest BCUT2D eigenvalue weighted by atomic mass is 16.1. The van der Waals surface area contributed by atoms with E-state index in [2.05, 4.69) is 19.6 Å². The van der Waals surface area contributed by atoms with E-state index in [1.165, 1.54) is 19.3 Å². The molecule has 0 rings (SSSR count). The van der Waals surface area contributed by atoms with Crippen molar-refractivity contribution in [3.8, 4) is 0 Å². The number of carbonyl (C=O) groups excluding carboxylic acids is 1. The summed E-state index contributed by atoms with van der Waals surface area (Å²) in [7, 11) is 0. The van der Waals surface area contributed by atoms with Crippen LogP contribution in [0, 0.1) is 0 Å². The number of rotatable bonds is 11. The second-order valence-corrected chi connectivity index (χ2v) is 4.26. The van der Waals surface area contributed by atoms with Crippen molar-refractivity contribution in [1.29, 1.82) is 0 Å². The van der Waals surface area contributed by atoms with Gasteiger partial charge >= 0.3 is 0 Å². The predicted octanol–water partition coefficient (Wildman–Crippen LogP) is 4.83. The van der Waals surface area contributed by atoms with Crippen molar-refractivity contribution >= 4 is 5.78 Å². The Morgan fingerprint density at radius 1 is 1.06 bits per heavy atom. The smallest absolute Gasteiger partial charge is 0.132 e. The maximum absolute atomic E-state index is 11.4. The van der Waals surface area contributed by atoms with Crippen LogP contribution >= 0.6 is 0 Å². The van der Waals surface area contributed by atoms with E-state index >= 15 is 0 Å². The molecule has 0 atom stereocenters. The van der Waals surface area contributed by atoms with Crippen molar-refractivity contribution in [2.75, 3.05) is 0 Å². The molecule has 0 aliphatic heterocycles. The minimum absolute atomic E-state index is 0.452. The minimum atomic E-state index is 0.452. The van der Waals surface area contributed by atoms with Crippen molar-refractivity contribution in [3.05, 3.63) is 24.8 Å². The largest absolute Gasteiger partial charge is 0.300 e. The molecule has 0 aliphatic carbocycles. The zero-order valence-corrected chi connectivity index (χ0v) is 10.7. The first-order valence-corrected chi connectivity index (χ1v) is 6.60. The summed E-state index contributed by atoms with van der Waals surface area (Å²) in [5.74, 6) is 0.452. The highest BCUT2D eigenvalue weighted by Gasteiger charge is 2.00. The lowest BCUT2D eigenvalue weighted by Gasteiger charge is -2.00. The number of unbranched alkanes of at least 4 members (excludes halogenated alkanes) is 5. The number of carbonyl (C=O) groups is 1. The molecule has 0 heterocycles. The van der Waals surface area contributed by atoms with Gasteiger partial charge in [-0.2, -0.15) is 0 Å². The second-order valence-electron chi connectivity index (χ2n) is 4.26. The van der Waals surface area contributed by atoms with E-state index in [4.69, 9.17) is 0 Å². The third kappa shape index (κ3) is 11.2. The molecule has 0 bridgehead atoms. The van der Waals surface area contributed by atoms with Gasteiger partial charge < -0.3 is 0 Å². The van der Waals surface area contributed by atoms with Crippen LogP contribution in [0.5, 0.6) is 0 Å². The molecule has 0 saturated carbocycles. The lowest BCUT2D eigenvalue weighted by Crippen LogP contribution is -1.96. The number of hydrogen-bond acceptors (Lipinski definition) is 1. The van der Waals surface area contributed by atoms with Crippen LogP contribution in [0.4, 0.5) is 0 Å². The lowest BCUT2D eigenvalue weighted by molar-refractivity contribution is -0.119. The van der Waals surface area contributed by atoms with E-state index in [1.807, 2.05) is 12.2 Å². The SMILES string of the molecule is C=CC=CCCCCCCC(=O)CCCC. The highest BCUT2D eigenvalue weighted by Crippen LogP contribution is 2.08. The standard InChI is InChI=1S/C15H26O/c1-3-5-7-8-9-10-11-12-14-15(16)13-6-4-2/h3,5,7H,1,4,6,8-14H2,2H3. The maximum atomic E-state index is 11.4. The molecule has 0 radical (unpaired) electrons. The quantitative estimate of drug-likeness (QED) is 0.361. The number of hydrogen-bond donors (Lipinski definition) is 0. The van der Waals surface area contributed by atoms with Crippen molar-refractivity contribution in [2.24, 2.45) is 0 Å². The average Bonchev–Trinajstić information content (AvgIpc) is 2.30. The van der Waals surface area contributed by atoms with E-state index in [-0.39, 0.29) is 0 Å². The molecule has 16 heavy (non-hydrogen) atoms. The molecule has 1 heteroatoms. The van der Waals surface area contributed by atoms with Gasteiger partial charge in [0.15, 0.2) is 0 Å². The molecule has 0 N–H and O–H groups in total. The van der Waals surface area contributed by atoms with Gasteiger partial charge in [0.1, 0.15) is 5.78 Å². The topological polar surface area (TPSA) is 17.1 Å². The lowest BCUT2D eigenvalue weighted by atomic mass is 10.1. The van der Waals surface area contributed by atoms with Crippen LogP contribution in [0.2, 0.25) is 0 Å². The molecule has 0 aromatic carbocycles. The summed E-state index contributed by atoms with van der Waals surface area (Å²) in [5, 5.41) is 0. The van der Waals surface area contributed by atoms with Gasteiger partial charge in [0.25, 0.3) is 0 Å². The first-order chi connectivity index (χ1) is 7.81. The monoisotopic (exact) mass is 222 g/mol. The predicted molar refractivity (Wildman–Crippen MR) is 71.6 cm³/mol. The fourth-order valence-corrected chi connectivity index (χ4v) is 1.63. The zero-order chi connectivity index (χ0) is 12.1. The molecular weight excluding hydrogens is 196 g/mol. The van der Waals surface area contributed by atoms with E-state index in [9.17, 15) is 4.79 Å². The van der Waals surface area contributed by atoms with E-state index in [0.717, 1.165) is 38.5 Å². The fourth-order valence-electron chi connectivity index (χ4n) is 1.63. The van der Waals surface area contributed by atoms with Crippen LogP contribution in [0.15, 0.2) is 24.8 Å². The Balaban J connectivity index is 3.17.